The summed E-state index contributed by atoms with van der Waals surface area (Å²) in [5.74, 6) is -12.8. The van der Waals surface area contributed by atoms with Gasteiger partial charge in [-0.1, -0.05) is 25.5 Å². The van der Waals surface area contributed by atoms with Crippen LogP contribution in [-0.4, -0.2) is 0 Å². The van der Waals surface area contributed by atoms with E-state index in [0.717, 1.165) is 24.1 Å². The van der Waals surface area contributed by atoms with Crippen molar-refractivity contribution in [2.75, 3.05) is 0 Å². The maximum Gasteiger partial charge on any atom is 0.429 e. The summed E-state index contributed by atoms with van der Waals surface area (Å²) in [6.45, 7) is 1.89. The minimum absolute atomic E-state index is 0.0599. The number of hydrogen-bond donors (Lipinski definition) is 0. The molecular formula is C23H15F9O2. The van der Waals surface area contributed by atoms with Gasteiger partial charge in [0.2, 0.25) is 5.82 Å². The summed E-state index contributed by atoms with van der Waals surface area (Å²) in [6.07, 6.45) is -7.47. The molecule has 0 saturated carbocycles. The number of aryl methyl sites for hydroxylation is 1. The molecule has 0 fully saturated rings. The van der Waals surface area contributed by atoms with Crippen molar-refractivity contribution in [1.82, 2.24) is 0 Å². The Hall–Kier alpha value is -3.37. The lowest BCUT2D eigenvalue weighted by Crippen LogP contribution is -2.26. The van der Waals surface area contributed by atoms with Crippen molar-refractivity contribution in [3.8, 4) is 11.5 Å². The van der Waals surface area contributed by atoms with E-state index >= 15 is 0 Å². The van der Waals surface area contributed by atoms with E-state index < -0.39 is 63.9 Å². The van der Waals surface area contributed by atoms with E-state index in [9.17, 15) is 39.5 Å². The first-order chi connectivity index (χ1) is 15.9. The fourth-order valence-corrected chi connectivity index (χ4v) is 2.98. The summed E-state index contributed by atoms with van der Waals surface area (Å²) in [4.78, 5) is 0. The van der Waals surface area contributed by atoms with Crippen molar-refractivity contribution in [3.63, 3.8) is 0 Å². The number of benzene rings is 3. The Morgan fingerprint density at radius 1 is 0.676 bits per heavy atom. The molecular weight excluding hydrogens is 479 g/mol. The van der Waals surface area contributed by atoms with Crippen LogP contribution in [0.25, 0.3) is 0 Å². The topological polar surface area (TPSA) is 18.5 Å². The van der Waals surface area contributed by atoms with Crippen molar-refractivity contribution < 1.29 is 49.0 Å². The van der Waals surface area contributed by atoms with Gasteiger partial charge in [-0.25, -0.2) is 17.6 Å². The van der Waals surface area contributed by atoms with Crippen LogP contribution >= 0.6 is 0 Å². The van der Waals surface area contributed by atoms with Crippen LogP contribution in [-0.2, 0) is 18.6 Å². The lowest BCUT2D eigenvalue weighted by Gasteiger charge is -2.22. The first-order valence-electron chi connectivity index (χ1n) is 9.71. The SMILES string of the molecule is CCCc1ccc(C(F)(F)Oc2ccc(C(F)(F)Oc3cc(F)c(F)c(F)c3)c(F)c2F)cc1. The van der Waals surface area contributed by atoms with Crippen molar-refractivity contribution in [2.45, 2.75) is 32.0 Å². The van der Waals surface area contributed by atoms with Crippen LogP contribution in [0.15, 0.2) is 48.5 Å². The van der Waals surface area contributed by atoms with Crippen LogP contribution in [0.2, 0.25) is 0 Å². The number of hydrogen-bond acceptors (Lipinski definition) is 2. The van der Waals surface area contributed by atoms with Crippen molar-refractivity contribution in [3.05, 3.63) is 94.3 Å². The van der Waals surface area contributed by atoms with E-state index in [-0.39, 0.29) is 18.2 Å². The van der Waals surface area contributed by atoms with Crippen LogP contribution in [0.1, 0.15) is 30.0 Å². The molecule has 0 aliphatic rings. The Labute approximate surface area is 187 Å². The maximum atomic E-state index is 14.4. The van der Waals surface area contributed by atoms with Gasteiger partial charge in [0, 0.05) is 12.1 Å². The maximum absolute atomic E-state index is 14.4. The van der Waals surface area contributed by atoms with Gasteiger partial charge in [0.05, 0.1) is 5.56 Å². The van der Waals surface area contributed by atoms with Gasteiger partial charge in [-0.15, -0.1) is 0 Å². The molecule has 0 amide bonds. The molecule has 3 rings (SSSR count). The second kappa shape index (κ2) is 9.47. The molecule has 3 aromatic rings. The van der Waals surface area contributed by atoms with Gasteiger partial charge in [-0.2, -0.15) is 22.0 Å². The molecule has 0 spiro atoms. The Bertz CT molecular complexity index is 1150. The van der Waals surface area contributed by atoms with Crippen molar-refractivity contribution in [1.29, 1.82) is 0 Å². The number of alkyl halides is 4. The lowest BCUT2D eigenvalue weighted by atomic mass is 10.1. The van der Waals surface area contributed by atoms with Gasteiger partial charge in [-0.05, 0) is 36.2 Å². The molecule has 2 nitrogen and oxygen atoms in total. The van der Waals surface area contributed by atoms with Crippen LogP contribution < -0.4 is 9.47 Å². The molecule has 182 valence electrons. The van der Waals surface area contributed by atoms with Gasteiger partial charge < -0.3 is 9.47 Å². The molecule has 0 saturated heterocycles. The zero-order valence-corrected chi connectivity index (χ0v) is 17.3. The third kappa shape index (κ3) is 5.23. The lowest BCUT2D eigenvalue weighted by molar-refractivity contribution is -0.190. The fourth-order valence-electron chi connectivity index (χ4n) is 2.98. The van der Waals surface area contributed by atoms with E-state index in [2.05, 4.69) is 9.47 Å². The van der Waals surface area contributed by atoms with Gasteiger partial charge in [-0.3, -0.25) is 0 Å². The fraction of sp³-hybridized carbons (Fsp3) is 0.217. The number of rotatable bonds is 8. The smallest absolute Gasteiger partial charge is 0.429 e. The first-order valence-corrected chi connectivity index (χ1v) is 9.71. The van der Waals surface area contributed by atoms with E-state index in [4.69, 9.17) is 0 Å². The van der Waals surface area contributed by atoms with Gasteiger partial charge in [0.15, 0.2) is 29.0 Å². The molecule has 0 aromatic heterocycles. The summed E-state index contributed by atoms with van der Waals surface area (Å²) in [6, 6.07) is 5.48. The molecule has 11 heteroatoms. The summed E-state index contributed by atoms with van der Waals surface area (Å²) < 4.78 is 134. The molecule has 3 aromatic carbocycles. The Kier molecular flexibility index (Phi) is 7.04. The average molecular weight is 494 g/mol. The van der Waals surface area contributed by atoms with Crippen LogP contribution in [0, 0.1) is 29.1 Å². The molecule has 0 atom stereocenters. The number of halogens is 9. The van der Waals surface area contributed by atoms with Crippen LogP contribution in [0.5, 0.6) is 11.5 Å². The summed E-state index contributed by atoms with van der Waals surface area (Å²) in [5.41, 5.74) is -1.72. The Balaban J connectivity index is 1.86. The molecule has 0 bridgehead atoms. The molecule has 34 heavy (non-hydrogen) atoms. The van der Waals surface area contributed by atoms with Gasteiger partial charge in [0.25, 0.3) is 0 Å². The second-order valence-electron chi connectivity index (χ2n) is 7.12. The van der Waals surface area contributed by atoms with E-state index in [0.29, 0.717) is 12.5 Å². The summed E-state index contributed by atoms with van der Waals surface area (Å²) in [5, 5.41) is 0. The van der Waals surface area contributed by atoms with Crippen molar-refractivity contribution >= 4 is 0 Å². The van der Waals surface area contributed by atoms with Gasteiger partial charge in [0.1, 0.15) is 11.3 Å². The summed E-state index contributed by atoms with van der Waals surface area (Å²) in [7, 11) is 0. The normalized spacial score (nSPS) is 12.1. The highest BCUT2D eigenvalue weighted by Crippen LogP contribution is 2.39. The zero-order chi connectivity index (χ0) is 25.3. The van der Waals surface area contributed by atoms with E-state index in [1.54, 1.807) is 0 Å². The third-order valence-corrected chi connectivity index (χ3v) is 4.63. The Morgan fingerprint density at radius 3 is 1.82 bits per heavy atom. The van der Waals surface area contributed by atoms with Crippen LogP contribution in [0.3, 0.4) is 0 Å². The van der Waals surface area contributed by atoms with E-state index in [1.165, 1.54) is 12.1 Å². The third-order valence-electron chi connectivity index (χ3n) is 4.63. The van der Waals surface area contributed by atoms with Crippen molar-refractivity contribution in [2.24, 2.45) is 0 Å². The molecule has 0 aliphatic carbocycles. The molecule has 0 aliphatic heterocycles. The second-order valence-corrected chi connectivity index (χ2v) is 7.12. The average Bonchev–Trinajstić information content (AvgIpc) is 2.75. The highest BCUT2D eigenvalue weighted by molar-refractivity contribution is 5.35. The highest BCUT2D eigenvalue weighted by atomic mass is 19.3. The molecule has 0 heterocycles. The largest absolute Gasteiger partial charge is 0.429 e. The first kappa shape index (κ1) is 25.3. The van der Waals surface area contributed by atoms with Crippen LogP contribution in [0.4, 0.5) is 39.5 Å². The standard InChI is InChI=1S/C23H15F9O2/c1-2-3-12-4-6-13(7-5-12)22(29,30)34-18-9-8-15(19(26)21(18)28)23(31,32)33-14-10-16(24)20(27)17(25)11-14/h4-11H,2-3H2,1H3. The summed E-state index contributed by atoms with van der Waals surface area (Å²) >= 11 is 0. The predicted molar refractivity (Wildman–Crippen MR) is 102 cm³/mol. The zero-order valence-electron chi connectivity index (χ0n) is 17.3. The monoisotopic (exact) mass is 494 g/mol. The predicted octanol–water partition coefficient (Wildman–Crippen LogP) is 7.59. The quantitative estimate of drug-likeness (QED) is 0.237. The van der Waals surface area contributed by atoms with Gasteiger partial charge >= 0.3 is 12.2 Å². The minimum Gasteiger partial charge on any atom is -0.429 e. The van der Waals surface area contributed by atoms with E-state index in [1.807, 2.05) is 6.92 Å². The highest BCUT2D eigenvalue weighted by Gasteiger charge is 2.41. The molecule has 0 radical (unpaired) electrons. The molecule has 0 unspecified atom stereocenters. The minimum atomic E-state index is -4.72. The number of ether oxygens (including phenoxy) is 2. The Morgan fingerprint density at radius 2 is 1.26 bits per heavy atom. The molecule has 0 N–H and O–H groups in total.